The van der Waals surface area contributed by atoms with E-state index in [0.717, 1.165) is 18.4 Å². The van der Waals surface area contributed by atoms with Crippen LogP contribution in [-0.4, -0.2) is 29.7 Å². The molecule has 2 saturated heterocycles. The number of fused-ring (bicyclic) bond motifs is 2. The largest absolute Gasteiger partial charge is 0.385 e. The molecule has 2 aliphatic heterocycles. The van der Waals surface area contributed by atoms with Crippen molar-refractivity contribution in [2.45, 2.75) is 41.8 Å². The van der Waals surface area contributed by atoms with Crippen LogP contribution in [-0.2, 0) is 5.60 Å². The van der Waals surface area contributed by atoms with Gasteiger partial charge in [-0.05, 0) is 43.4 Å². The van der Waals surface area contributed by atoms with Crippen LogP contribution in [0, 0.1) is 0 Å². The van der Waals surface area contributed by atoms with Gasteiger partial charge in [0, 0.05) is 30.3 Å². The third-order valence-electron chi connectivity index (χ3n) is 4.25. The SMILES string of the molecule is CN(C)c1ccc(C2(O)CC3CCC(C2)S3)cc1. The average molecular weight is 263 g/mol. The smallest absolute Gasteiger partial charge is 0.0917 e. The lowest BCUT2D eigenvalue weighted by atomic mass is 9.86. The number of benzene rings is 1. The Morgan fingerprint density at radius 1 is 1.11 bits per heavy atom. The van der Waals surface area contributed by atoms with E-state index in [0.29, 0.717) is 10.5 Å². The zero-order chi connectivity index (χ0) is 12.8. The molecule has 18 heavy (non-hydrogen) atoms. The molecule has 2 aliphatic rings. The minimum atomic E-state index is -0.581. The van der Waals surface area contributed by atoms with Crippen LogP contribution in [0.4, 0.5) is 5.69 Å². The fourth-order valence-corrected chi connectivity index (χ4v) is 5.06. The lowest BCUT2D eigenvalue weighted by molar-refractivity contribution is 0.0196. The summed E-state index contributed by atoms with van der Waals surface area (Å²) in [5.74, 6) is 0. The van der Waals surface area contributed by atoms with Gasteiger partial charge in [0.2, 0.25) is 0 Å². The maximum absolute atomic E-state index is 10.9. The first kappa shape index (κ1) is 12.4. The van der Waals surface area contributed by atoms with Crippen LogP contribution in [0.5, 0.6) is 0 Å². The molecule has 2 bridgehead atoms. The number of thioether (sulfide) groups is 1. The van der Waals surface area contributed by atoms with Crippen molar-refractivity contribution in [2.75, 3.05) is 19.0 Å². The molecule has 0 spiro atoms. The van der Waals surface area contributed by atoms with Crippen LogP contribution in [0.15, 0.2) is 24.3 Å². The first-order chi connectivity index (χ1) is 8.57. The maximum Gasteiger partial charge on any atom is 0.0917 e. The monoisotopic (exact) mass is 263 g/mol. The van der Waals surface area contributed by atoms with E-state index in [-0.39, 0.29) is 0 Å². The van der Waals surface area contributed by atoms with Crippen molar-refractivity contribution >= 4 is 17.4 Å². The van der Waals surface area contributed by atoms with Crippen molar-refractivity contribution in [2.24, 2.45) is 0 Å². The van der Waals surface area contributed by atoms with E-state index in [9.17, 15) is 5.11 Å². The molecule has 3 rings (SSSR count). The summed E-state index contributed by atoms with van der Waals surface area (Å²) in [6, 6.07) is 8.42. The third kappa shape index (κ3) is 2.14. The second-order valence-corrected chi connectivity index (χ2v) is 7.44. The molecule has 1 aromatic rings. The molecule has 98 valence electrons. The number of aliphatic hydroxyl groups is 1. The summed E-state index contributed by atoms with van der Waals surface area (Å²) >= 11 is 2.09. The van der Waals surface area contributed by atoms with Gasteiger partial charge < -0.3 is 10.0 Å². The molecule has 2 nitrogen and oxygen atoms in total. The second kappa shape index (κ2) is 4.46. The second-order valence-electron chi connectivity index (χ2n) is 5.84. The highest BCUT2D eigenvalue weighted by Gasteiger charge is 2.44. The van der Waals surface area contributed by atoms with Crippen LogP contribution < -0.4 is 4.90 Å². The first-order valence-corrected chi connectivity index (χ1v) is 7.67. The van der Waals surface area contributed by atoms with Crippen molar-refractivity contribution in [3.05, 3.63) is 29.8 Å². The van der Waals surface area contributed by atoms with E-state index in [4.69, 9.17) is 0 Å². The molecule has 2 fully saturated rings. The van der Waals surface area contributed by atoms with Gasteiger partial charge in [0.1, 0.15) is 0 Å². The van der Waals surface area contributed by atoms with Crippen molar-refractivity contribution < 1.29 is 5.11 Å². The van der Waals surface area contributed by atoms with Crippen LogP contribution in [0.25, 0.3) is 0 Å². The van der Waals surface area contributed by atoms with Crippen molar-refractivity contribution in [1.82, 2.24) is 0 Å². The maximum atomic E-state index is 10.9. The number of hydrogen-bond donors (Lipinski definition) is 1. The topological polar surface area (TPSA) is 23.5 Å². The Labute approximate surface area is 113 Å². The number of hydrogen-bond acceptors (Lipinski definition) is 3. The highest BCUT2D eigenvalue weighted by Crippen LogP contribution is 2.51. The summed E-state index contributed by atoms with van der Waals surface area (Å²) in [5, 5.41) is 12.3. The van der Waals surface area contributed by atoms with Gasteiger partial charge in [-0.15, -0.1) is 0 Å². The normalized spacial score (nSPS) is 34.6. The third-order valence-corrected chi connectivity index (χ3v) is 5.82. The zero-order valence-corrected chi connectivity index (χ0v) is 11.9. The van der Waals surface area contributed by atoms with E-state index in [1.54, 1.807) is 0 Å². The average Bonchev–Trinajstić information content (AvgIpc) is 2.69. The van der Waals surface area contributed by atoms with Crippen LogP contribution in [0.1, 0.15) is 31.2 Å². The lowest BCUT2D eigenvalue weighted by Gasteiger charge is -2.36. The summed E-state index contributed by atoms with van der Waals surface area (Å²) in [4.78, 5) is 2.09. The summed E-state index contributed by atoms with van der Waals surface area (Å²) in [6.07, 6.45) is 4.42. The Hall–Kier alpha value is -0.670. The highest BCUT2D eigenvalue weighted by molar-refractivity contribution is 8.00. The van der Waals surface area contributed by atoms with Gasteiger partial charge >= 0.3 is 0 Å². The molecule has 3 heteroatoms. The molecule has 0 amide bonds. The van der Waals surface area contributed by atoms with Crippen LogP contribution in [0.3, 0.4) is 0 Å². The van der Waals surface area contributed by atoms with Crippen molar-refractivity contribution in [3.8, 4) is 0 Å². The molecule has 0 aliphatic carbocycles. The Morgan fingerprint density at radius 3 is 2.17 bits per heavy atom. The van der Waals surface area contributed by atoms with Crippen LogP contribution in [0.2, 0.25) is 0 Å². The lowest BCUT2D eigenvalue weighted by Crippen LogP contribution is -2.34. The fraction of sp³-hybridized carbons (Fsp3) is 0.600. The molecule has 1 aromatic carbocycles. The summed E-state index contributed by atoms with van der Waals surface area (Å²) in [5.41, 5.74) is 1.71. The summed E-state index contributed by atoms with van der Waals surface area (Å²) in [7, 11) is 4.09. The van der Waals surface area contributed by atoms with E-state index >= 15 is 0 Å². The van der Waals surface area contributed by atoms with E-state index < -0.39 is 5.60 Å². The van der Waals surface area contributed by atoms with Gasteiger partial charge in [-0.3, -0.25) is 0 Å². The predicted molar refractivity (Wildman–Crippen MR) is 78.3 cm³/mol. The standard InChI is InChI=1S/C15H21NOS/c1-16(2)12-5-3-11(4-6-12)15(17)9-13-7-8-14(10-15)18-13/h3-6,13-14,17H,7-10H2,1-2H3. The Morgan fingerprint density at radius 2 is 1.67 bits per heavy atom. The molecule has 0 aromatic heterocycles. The molecule has 0 saturated carbocycles. The summed E-state index contributed by atoms with van der Waals surface area (Å²) in [6.45, 7) is 0. The molecule has 1 N–H and O–H groups in total. The Bertz CT molecular complexity index is 417. The van der Waals surface area contributed by atoms with Gasteiger partial charge in [-0.1, -0.05) is 12.1 Å². The molecule has 2 unspecified atom stereocenters. The molecule has 2 atom stereocenters. The quantitative estimate of drug-likeness (QED) is 0.887. The minimum Gasteiger partial charge on any atom is -0.385 e. The number of anilines is 1. The van der Waals surface area contributed by atoms with E-state index in [2.05, 4.69) is 40.9 Å². The number of rotatable bonds is 2. The van der Waals surface area contributed by atoms with Gasteiger partial charge in [-0.25, -0.2) is 0 Å². The minimum absolute atomic E-state index is 0.581. The zero-order valence-electron chi connectivity index (χ0n) is 11.1. The molecular formula is C15H21NOS. The van der Waals surface area contributed by atoms with Crippen molar-refractivity contribution in [3.63, 3.8) is 0 Å². The van der Waals surface area contributed by atoms with E-state index in [1.165, 1.54) is 18.5 Å². The van der Waals surface area contributed by atoms with E-state index in [1.807, 2.05) is 14.1 Å². The molecular weight excluding hydrogens is 242 g/mol. The Balaban J connectivity index is 1.85. The van der Waals surface area contributed by atoms with Gasteiger partial charge in [0.15, 0.2) is 0 Å². The number of nitrogens with zero attached hydrogens (tertiary/aromatic N) is 1. The first-order valence-electron chi connectivity index (χ1n) is 6.72. The van der Waals surface area contributed by atoms with Gasteiger partial charge in [0.05, 0.1) is 5.60 Å². The van der Waals surface area contributed by atoms with Crippen molar-refractivity contribution in [1.29, 1.82) is 0 Å². The predicted octanol–water partition coefficient (Wildman–Crippen LogP) is 3.00. The van der Waals surface area contributed by atoms with Crippen LogP contribution >= 0.6 is 11.8 Å². The van der Waals surface area contributed by atoms with Gasteiger partial charge in [0.25, 0.3) is 0 Å². The molecule has 2 heterocycles. The molecule has 0 radical (unpaired) electrons. The highest BCUT2D eigenvalue weighted by atomic mass is 32.2. The summed E-state index contributed by atoms with van der Waals surface area (Å²) < 4.78 is 0. The Kier molecular flexibility index (Phi) is 3.07. The van der Waals surface area contributed by atoms with Gasteiger partial charge in [-0.2, -0.15) is 11.8 Å². The fourth-order valence-electron chi connectivity index (χ4n) is 3.22.